The highest BCUT2D eigenvalue weighted by molar-refractivity contribution is 9.10. The average molecular weight is 630 g/mol. The predicted molar refractivity (Wildman–Crippen MR) is 160 cm³/mol. The van der Waals surface area contributed by atoms with E-state index in [2.05, 4.69) is 68.3 Å². The van der Waals surface area contributed by atoms with E-state index in [1.807, 2.05) is 60.7 Å². The quantitative estimate of drug-likeness (QED) is 0.222. The standard InChI is InChI=1S/C32H26Br2N2O2/c33-26-13-8-21(9-14-26)18-25-6-3-7-29-31(25)35-36(32(29)23-10-15-27(34)16-11-23)30(37)20-38-28-17-12-22-4-1-2-5-24(22)19-28/h1-2,4-5,8-19,29,32H,3,6-7,20H2/b25-18-/t29-,32+/m0/s1. The Morgan fingerprint density at radius 2 is 1.63 bits per heavy atom. The zero-order valence-corrected chi connectivity index (χ0v) is 23.9. The molecule has 2 aliphatic rings. The maximum absolute atomic E-state index is 13.6. The molecule has 1 fully saturated rings. The van der Waals surface area contributed by atoms with E-state index in [1.54, 1.807) is 5.01 Å². The molecule has 1 amide bonds. The smallest absolute Gasteiger partial charge is 0.281 e. The summed E-state index contributed by atoms with van der Waals surface area (Å²) in [5.74, 6) is 0.685. The topological polar surface area (TPSA) is 41.9 Å². The molecule has 190 valence electrons. The van der Waals surface area contributed by atoms with Gasteiger partial charge >= 0.3 is 0 Å². The third kappa shape index (κ3) is 5.20. The molecule has 1 aliphatic carbocycles. The molecule has 38 heavy (non-hydrogen) atoms. The minimum absolute atomic E-state index is 0.0688. The molecule has 0 aromatic heterocycles. The van der Waals surface area contributed by atoms with Gasteiger partial charge in [-0.3, -0.25) is 4.79 Å². The number of hydrogen-bond acceptors (Lipinski definition) is 3. The van der Waals surface area contributed by atoms with Gasteiger partial charge in [0.15, 0.2) is 6.61 Å². The second kappa shape index (κ2) is 10.9. The summed E-state index contributed by atoms with van der Waals surface area (Å²) in [5.41, 5.74) is 4.44. The number of benzene rings is 4. The fourth-order valence-electron chi connectivity index (χ4n) is 5.43. The van der Waals surface area contributed by atoms with Crippen LogP contribution in [-0.4, -0.2) is 23.2 Å². The molecule has 6 rings (SSSR count). The molecule has 1 aliphatic heterocycles. The molecule has 0 saturated heterocycles. The van der Waals surface area contributed by atoms with Crippen LogP contribution >= 0.6 is 31.9 Å². The Labute approximate surface area is 239 Å². The lowest BCUT2D eigenvalue weighted by molar-refractivity contribution is -0.135. The van der Waals surface area contributed by atoms with Gasteiger partial charge in [0.2, 0.25) is 0 Å². The van der Waals surface area contributed by atoms with Crippen molar-refractivity contribution in [3.05, 3.63) is 117 Å². The lowest BCUT2D eigenvalue weighted by Gasteiger charge is -2.29. The molecule has 0 N–H and O–H groups in total. The largest absolute Gasteiger partial charge is 0.484 e. The number of rotatable bonds is 5. The van der Waals surface area contributed by atoms with Crippen LogP contribution in [0.3, 0.4) is 0 Å². The number of fused-ring (bicyclic) bond motifs is 2. The van der Waals surface area contributed by atoms with E-state index >= 15 is 0 Å². The van der Waals surface area contributed by atoms with Crippen molar-refractivity contribution in [1.29, 1.82) is 0 Å². The van der Waals surface area contributed by atoms with Gasteiger partial charge in [0, 0.05) is 14.9 Å². The Kier molecular flexibility index (Phi) is 7.18. The van der Waals surface area contributed by atoms with Gasteiger partial charge in [0.25, 0.3) is 5.91 Å². The normalized spacial score (nSPS) is 19.9. The molecule has 4 aromatic rings. The molecular weight excluding hydrogens is 604 g/mol. The zero-order chi connectivity index (χ0) is 26.1. The van der Waals surface area contributed by atoms with Crippen molar-refractivity contribution in [2.75, 3.05) is 6.61 Å². The lowest BCUT2D eigenvalue weighted by atomic mass is 9.77. The van der Waals surface area contributed by atoms with E-state index in [0.717, 1.165) is 55.8 Å². The molecule has 0 bridgehead atoms. The van der Waals surface area contributed by atoms with Crippen molar-refractivity contribution in [1.82, 2.24) is 5.01 Å². The number of carbonyl (C=O) groups excluding carboxylic acids is 1. The van der Waals surface area contributed by atoms with Gasteiger partial charge in [-0.05, 0) is 89.2 Å². The number of halogens is 2. The minimum atomic E-state index is -0.153. The third-order valence-corrected chi connectivity index (χ3v) is 8.32. The highest BCUT2D eigenvalue weighted by Gasteiger charge is 2.43. The Hall–Kier alpha value is -3.22. The number of hydrazone groups is 1. The number of hydrogen-bond donors (Lipinski definition) is 0. The third-order valence-electron chi connectivity index (χ3n) is 7.26. The van der Waals surface area contributed by atoms with Crippen LogP contribution in [0.25, 0.3) is 16.8 Å². The van der Waals surface area contributed by atoms with Crippen molar-refractivity contribution in [2.45, 2.75) is 25.3 Å². The van der Waals surface area contributed by atoms with Crippen LogP contribution in [0.1, 0.15) is 36.4 Å². The molecule has 4 aromatic carbocycles. The van der Waals surface area contributed by atoms with Crippen molar-refractivity contribution >= 4 is 60.3 Å². The van der Waals surface area contributed by atoms with Gasteiger partial charge in [-0.2, -0.15) is 5.10 Å². The fraction of sp³-hybridized carbons (Fsp3) is 0.188. The first-order valence-electron chi connectivity index (χ1n) is 12.8. The molecule has 0 spiro atoms. The van der Waals surface area contributed by atoms with Crippen molar-refractivity contribution in [3.8, 4) is 5.75 Å². The molecule has 0 radical (unpaired) electrons. The maximum Gasteiger partial charge on any atom is 0.281 e. The summed E-state index contributed by atoms with van der Waals surface area (Å²) < 4.78 is 8.06. The van der Waals surface area contributed by atoms with Crippen LogP contribution in [0.4, 0.5) is 0 Å². The second-order valence-corrected chi connectivity index (χ2v) is 11.6. The van der Waals surface area contributed by atoms with E-state index < -0.39 is 0 Å². The summed E-state index contributed by atoms with van der Waals surface area (Å²) in [6.07, 6.45) is 5.23. The number of amides is 1. The Morgan fingerprint density at radius 3 is 2.39 bits per heavy atom. The van der Waals surface area contributed by atoms with Crippen molar-refractivity contribution in [2.24, 2.45) is 11.0 Å². The first-order valence-corrected chi connectivity index (χ1v) is 14.4. The summed E-state index contributed by atoms with van der Waals surface area (Å²) in [4.78, 5) is 13.6. The predicted octanol–water partition coefficient (Wildman–Crippen LogP) is 8.57. The molecular formula is C32H26Br2N2O2. The lowest BCUT2D eigenvalue weighted by Crippen LogP contribution is -2.34. The second-order valence-electron chi connectivity index (χ2n) is 9.74. The summed E-state index contributed by atoms with van der Waals surface area (Å²) >= 11 is 7.06. The van der Waals surface area contributed by atoms with Gasteiger partial charge in [-0.15, -0.1) is 0 Å². The number of carbonyl (C=O) groups is 1. The molecule has 4 nitrogen and oxygen atoms in total. The van der Waals surface area contributed by atoms with Crippen LogP contribution in [0.5, 0.6) is 5.75 Å². The van der Waals surface area contributed by atoms with Crippen LogP contribution in [0, 0.1) is 5.92 Å². The van der Waals surface area contributed by atoms with E-state index in [-0.39, 0.29) is 24.5 Å². The zero-order valence-electron chi connectivity index (χ0n) is 20.7. The van der Waals surface area contributed by atoms with E-state index in [1.165, 1.54) is 5.57 Å². The van der Waals surface area contributed by atoms with Gasteiger partial charge < -0.3 is 4.74 Å². The van der Waals surface area contributed by atoms with Gasteiger partial charge in [0.1, 0.15) is 5.75 Å². The van der Waals surface area contributed by atoms with Crippen LogP contribution in [0.15, 0.2) is 111 Å². The number of nitrogens with zero attached hydrogens (tertiary/aromatic N) is 2. The van der Waals surface area contributed by atoms with E-state index in [9.17, 15) is 4.79 Å². The summed E-state index contributed by atoms with van der Waals surface area (Å²) in [7, 11) is 0. The van der Waals surface area contributed by atoms with Crippen molar-refractivity contribution < 1.29 is 9.53 Å². The maximum atomic E-state index is 13.6. The minimum Gasteiger partial charge on any atom is -0.484 e. The Bertz CT molecular complexity index is 1540. The number of allylic oxidation sites excluding steroid dienone is 1. The SMILES string of the molecule is O=C(COc1ccc2ccccc2c1)N1N=C2/C(=C\c3ccc(Br)cc3)CCC[C@@H]2[C@H]1c1ccc(Br)cc1. The highest BCUT2D eigenvalue weighted by Crippen LogP contribution is 2.44. The number of ether oxygens (including phenoxy) is 1. The Morgan fingerprint density at radius 1 is 0.921 bits per heavy atom. The molecule has 2 atom stereocenters. The molecule has 6 heteroatoms. The molecule has 0 unspecified atom stereocenters. The summed E-state index contributed by atoms with van der Waals surface area (Å²) in [6, 6.07) is 30.4. The van der Waals surface area contributed by atoms with E-state index in [0.29, 0.717) is 5.75 Å². The van der Waals surface area contributed by atoms with Gasteiger partial charge in [-0.25, -0.2) is 5.01 Å². The fourth-order valence-corrected chi connectivity index (χ4v) is 5.96. The van der Waals surface area contributed by atoms with Gasteiger partial charge in [0.05, 0.1) is 11.8 Å². The van der Waals surface area contributed by atoms with Crippen LogP contribution in [0.2, 0.25) is 0 Å². The van der Waals surface area contributed by atoms with Crippen LogP contribution in [-0.2, 0) is 4.79 Å². The van der Waals surface area contributed by atoms with E-state index in [4.69, 9.17) is 9.84 Å². The molecule has 1 saturated carbocycles. The Balaban J connectivity index is 1.30. The monoisotopic (exact) mass is 628 g/mol. The summed E-state index contributed by atoms with van der Waals surface area (Å²) in [6.45, 7) is -0.0688. The molecule has 1 heterocycles. The summed E-state index contributed by atoms with van der Waals surface area (Å²) in [5, 5.41) is 8.87. The first kappa shape index (κ1) is 25.1. The first-order chi connectivity index (χ1) is 18.5. The van der Waals surface area contributed by atoms with Crippen LogP contribution < -0.4 is 4.74 Å². The van der Waals surface area contributed by atoms with Crippen molar-refractivity contribution in [3.63, 3.8) is 0 Å². The average Bonchev–Trinajstić information content (AvgIpc) is 3.34. The van der Waals surface area contributed by atoms with Gasteiger partial charge in [-0.1, -0.05) is 86.5 Å². The highest BCUT2D eigenvalue weighted by atomic mass is 79.9.